The molecule has 2 N–H and O–H groups in total. The highest BCUT2D eigenvalue weighted by Crippen LogP contribution is 2.17. The molecule has 0 aromatic carbocycles. The van der Waals surface area contributed by atoms with E-state index in [0.29, 0.717) is 6.29 Å². The van der Waals surface area contributed by atoms with Gasteiger partial charge in [0.1, 0.15) is 24.4 Å². The molecule has 0 saturated carbocycles. The van der Waals surface area contributed by atoms with Crippen molar-refractivity contribution >= 4 is 6.29 Å². The van der Waals surface area contributed by atoms with Gasteiger partial charge in [-0.1, -0.05) is 0 Å². The normalized spacial score (nSPS) is 38.1. The van der Waals surface area contributed by atoms with Gasteiger partial charge < -0.3 is 24.5 Å². The van der Waals surface area contributed by atoms with E-state index in [4.69, 9.17) is 14.6 Å². The number of carbonyl (C=O) groups excluding carboxylic acids is 1. The lowest BCUT2D eigenvalue weighted by Crippen LogP contribution is -2.40. The van der Waals surface area contributed by atoms with Crippen LogP contribution in [0.5, 0.6) is 0 Å². The van der Waals surface area contributed by atoms with Crippen LogP contribution in [-0.2, 0) is 14.3 Å². The van der Waals surface area contributed by atoms with Gasteiger partial charge >= 0.3 is 0 Å². The molecule has 1 aliphatic rings. The molecule has 70 valence electrons. The first-order chi connectivity index (χ1) is 5.70. The van der Waals surface area contributed by atoms with E-state index in [0.717, 1.165) is 0 Å². The second kappa shape index (κ2) is 3.95. The third kappa shape index (κ3) is 1.64. The molecule has 0 aromatic rings. The molecule has 0 amide bonds. The van der Waals surface area contributed by atoms with Gasteiger partial charge in [-0.05, 0) is 0 Å². The molecule has 12 heavy (non-hydrogen) atoms. The molecule has 0 aromatic heterocycles. The van der Waals surface area contributed by atoms with Crippen LogP contribution >= 0.6 is 0 Å². The van der Waals surface area contributed by atoms with Crippen LogP contribution < -0.4 is 0 Å². The number of hydrogen-bond donors (Lipinski definition) is 2. The topological polar surface area (TPSA) is 76.0 Å². The summed E-state index contributed by atoms with van der Waals surface area (Å²) in [5, 5.41) is 18.3. The summed E-state index contributed by atoms with van der Waals surface area (Å²) < 4.78 is 9.70. The Kier molecular flexibility index (Phi) is 3.16. The molecule has 0 bridgehead atoms. The molecule has 1 fully saturated rings. The zero-order chi connectivity index (χ0) is 9.14. The molecule has 4 atom stereocenters. The number of hydrogen-bond acceptors (Lipinski definition) is 5. The average Bonchev–Trinajstić information content (AvgIpc) is 2.38. The van der Waals surface area contributed by atoms with Crippen LogP contribution in [0.25, 0.3) is 0 Å². The molecule has 5 nitrogen and oxygen atoms in total. The molecular formula is C7H12O5. The van der Waals surface area contributed by atoms with Crippen molar-refractivity contribution in [2.75, 3.05) is 13.7 Å². The van der Waals surface area contributed by atoms with E-state index in [9.17, 15) is 9.90 Å². The molecule has 5 heteroatoms. The Balaban J connectivity index is 2.57. The van der Waals surface area contributed by atoms with E-state index in [2.05, 4.69) is 0 Å². The number of aliphatic hydroxyl groups is 2. The minimum Gasteiger partial charge on any atom is -0.388 e. The molecule has 1 aliphatic heterocycles. The van der Waals surface area contributed by atoms with Crippen molar-refractivity contribution in [1.82, 2.24) is 0 Å². The fourth-order valence-electron chi connectivity index (χ4n) is 1.18. The number of ether oxygens (including phenoxy) is 2. The largest absolute Gasteiger partial charge is 0.388 e. The van der Waals surface area contributed by atoms with Gasteiger partial charge in [-0.15, -0.1) is 0 Å². The zero-order valence-corrected chi connectivity index (χ0v) is 6.71. The smallest absolute Gasteiger partial charge is 0.151 e. The van der Waals surface area contributed by atoms with Gasteiger partial charge in [0, 0.05) is 7.11 Å². The highest BCUT2D eigenvalue weighted by molar-refractivity contribution is 5.57. The summed E-state index contributed by atoms with van der Waals surface area (Å²) in [5.41, 5.74) is 0. The van der Waals surface area contributed by atoms with Crippen molar-refractivity contribution < 1.29 is 24.5 Å². The summed E-state index contributed by atoms with van der Waals surface area (Å²) >= 11 is 0. The summed E-state index contributed by atoms with van der Waals surface area (Å²) in [4.78, 5) is 10.4. The van der Waals surface area contributed by atoms with Crippen LogP contribution in [-0.4, -0.2) is 54.6 Å². The van der Waals surface area contributed by atoms with E-state index in [1.807, 2.05) is 0 Å². The first-order valence-corrected chi connectivity index (χ1v) is 3.66. The molecule has 0 spiro atoms. The van der Waals surface area contributed by atoms with Gasteiger partial charge in [0.05, 0.1) is 6.61 Å². The average molecular weight is 176 g/mol. The van der Waals surface area contributed by atoms with E-state index >= 15 is 0 Å². The molecular weight excluding hydrogens is 164 g/mol. The van der Waals surface area contributed by atoms with Crippen LogP contribution in [0.4, 0.5) is 0 Å². The van der Waals surface area contributed by atoms with E-state index in [1.54, 1.807) is 0 Å². The maximum Gasteiger partial charge on any atom is 0.151 e. The predicted molar refractivity (Wildman–Crippen MR) is 38.6 cm³/mol. The van der Waals surface area contributed by atoms with Gasteiger partial charge in [-0.2, -0.15) is 0 Å². The third-order valence-electron chi connectivity index (χ3n) is 1.92. The predicted octanol–water partition coefficient (Wildman–Crippen LogP) is -1.68. The molecule has 1 rings (SSSR count). The van der Waals surface area contributed by atoms with Crippen LogP contribution in [0, 0.1) is 0 Å². The Bertz CT molecular complexity index is 160. The summed E-state index contributed by atoms with van der Waals surface area (Å²) in [6.07, 6.45) is -2.97. The van der Waals surface area contributed by atoms with Crippen molar-refractivity contribution in [3.05, 3.63) is 0 Å². The number of aliphatic hydroxyl groups excluding tert-OH is 2. The number of carbonyl (C=O) groups is 1. The standard InChI is InChI=1S/C7H12O5/c1-11-5(2-8)7-6(10)4(9)3-12-7/h2,4-7,9-10H,3H2,1H3/t4-,5+,6+,7-/m0/s1. The van der Waals surface area contributed by atoms with E-state index in [-0.39, 0.29) is 6.61 Å². The minimum absolute atomic E-state index is 0.0412. The zero-order valence-electron chi connectivity index (χ0n) is 6.71. The van der Waals surface area contributed by atoms with Gasteiger partial charge in [0.25, 0.3) is 0 Å². The minimum atomic E-state index is -1.04. The van der Waals surface area contributed by atoms with Crippen molar-refractivity contribution in [2.24, 2.45) is 0 Å². The van der Waals surface area contributed by atoms with Crippen molar-refractivity contribution in [2.45, 2.75) is 24.4 Å². The van der Waals surface area contributed by atoms with Crippen molar-refractivity contribution in [3.63, 3.8) is 0 Å². The highest BCUT2D eigenvalue weighted by Gasteiger charge is 2.39. The summed E-state index contributed by atoms with van der Waals surface area (Å²) in [6, 6.07) is 0. The second-order valence-electron chi connectivity index (χ2n) is 2.69. The quantitative estimate of drug-likeness (QED) is 0.502. The van der Waals surface area contributed by atoms with Crippen molar-refractivity contribution in [3.8, 4) is 0 Å². The highest BCUT2D eigenvalue weighted by atomic mass is 16.6. The number of aldehydes is 1. The maximum absolute atomic E-state index is 10.4. The summed E-state index contributed by atoms with van der Waals surface area (Å²) in [7, 11) is 1.35. The second-order valence-corrected chi connectivity index (χ2v) is 2.69. The van der Waals surface area contributed by atoms with Crippen LogP contribution in [0.15, 0.2) is 0 Å². The Morgan fingerprint density at radius 2 is 2.33 bits per heavy atom. The lowest BCUT2D eigenvalue weighted by molar-refractivity contribution is -0.128. The monoisotopic (exact) mass is 176 g/mol. The Hall–Kier alpha value is -0.490. The van der Waals surface area contributed by atoms with Crippen LogP contribution in [0.3, 0.4) is 0 Å². The Morgan fingerprint density at radius 1 is 1.67 bits per heavy atom. The Morgan fingerprint density at radius 3 is 2.67 bits per heavy atom. The summed E-state index contributed by atoms with van der Waals surface area (Å²) in [5.74, 6) is 0. The van der Waals surface area contributed by atoms with Gasteiger partial charge in [0.2, 0.25) is 0 Å². The SMILES string of the molecule is CO[C@H](C=O)[C@@H]1OC[C@H](O)[C@H]1O. The Labute approximate surface area is 69.9 Å². The first kappa shape index (κ1) is 9.60. The van der Waals surface area contributed by atoms with Gasteiger partial charge in [-0.3, -0.25) is 0 Å². The van der Waals surface area contributed by atoms with E-state index in [1.165, 1.54) is 7.11 Å². The fraction of sp³-hybridized carbons (Fsp3) is 0.857. The van der Waals surface area contributed by atoms with Crippen molar-refractivity contribution in [1.29, 1.82) is 0 Å². The molecule has 1 saturated heterocycles. The number of rotatable bonds is 3. The fourth-order valence-corrected chi connectivity index (χ4v) is 1.18. The lowest BCUT2D eigenvalue weighted by Gasteiger charge is -2.19. The number of methoxy groups -OCH3 is 1. The molecule has 0 aliphatic carbocycles. The molecule has 1 heterocycles. The first-order valence-electron chi connectivity index (χ1n) is 3.66. The third-order valence-corrected chi connectivity index (χ3v) is 1.92. The van der Waals surface area contributed by atoms with E-state index < -0.39 is 24.4 Å². The van der Waals surface area contributed by atoms with Crippen LogP contribution in [0.2, 0.25) is 0 Å². The maximum atomic E-state index is 10.4. The van der Waals surface area contributed by atoms with Gasteiger partial charge in [0.15, 0.2) is 6.29 Å². The molecule has 0 unspecified atom stereocenters. The van der Waals surface area contributed by atoms with Gasteiger partial charge in [-0.25, -0.2) is 0 Å². The van der Waals surface area contributed by atoms with Crippen LogP contribution in [0.1, 0.15) is 0 Å². The molecule has 0 radical (unpaired) electrons. The summed E-state index contributed by atoms with van der Waals surface area (Å²) in [6.45, 7) is 0.0412. The lowest BCUT2D eigenvalue weighted by atomic mass is 10.1.